The van der Waals surface area contributed by atoms with Gasteiger partial charge in [0.25, 0.3) is 0 Å². The molecule has 3 nitrogen and oxygen atoms in total. The third kappa shape index (κ3) is 4.43. The van der Waals surface area contributed by atoms with Gasteiger partial charge in [0.1, 0.15) is 5.82 Å². The zero-order valence-electron chi connectivity index (χ0n) is 16.9. The van der Waals surface area contributed by atoms with Crippen LogP contribution in [-0.2, 0) is 32.0 Å². The second-order valence-corrected chi connectivity index (χ2v) is 8.12. The summed E-state index contributed by atoms with van der Waals surface area (Å²) < 4.78 is 41.1. The molecule has 2 heterocycles. The summed E-state index contributed by atoms with van der Waals surface area (Å²) in [5.74, 6) is 1.35. The number of aromatic nitrogens is 2. The van der Waals surface area contributed by atoms with E-state index in [1.165, 1.54) is 6.07 Å². The van der Waals surface area contributed by atoms with Crippen LogP contribution in [0.3, 0.4) is 0 Å². The first-order valence-electron chi connectivity index (χ1n) is 10.3. The van der Waals surface area contributed by atoms with Gasteiger partial charge in [0.05, 0.1) is 11.3 Å². The van der Waals surface area contributed by atoms with Crippen molar-refractivity contribution in [3.8, 4) is 11.3 Å². The maximum absolute atomic E-state index is 13.0. The smallest absolute Gasteiger partial charge is 0.396 e. The van der Waals surface area contributed by atoms with Crippen LogP contribution in [0.25, 0.3) is 11.3 Å². The van der Waals surface area contributed by atoms with Gasteiger partial charge in [0, 0.05) is 37.3 Å². The summed E-state index contributed by atoms with van der Waals surface area (Å²) in [5.41, 5.74) is 4.05. The van der Waals surface area contributed by atoms with E-state index >= 15 is 0 Å². The van der Waals surface area contributed by atoms with Crippen molar-refractivity contribution in [2.45, 2.75) is 45.3 Å². The van der Waals surface area contributed by atoms with Crippen molar-refractivity contribution in [1.82, 2.24) is 9.55 Å². The highest BCUT2D eigenvalue weighted by Gasteiger charge is 2.30. The summed E-state index contributed by atoms with van der Waals surface area (Å²) in [4.78, 5) is 4.73. The van der Waals surface area contributed by atoms with Crippen molar-refractivity contribution in [2.75, 3.05) is 6.61 Å². The Bertz CT molecular complexity index is 1020. The molecule has 0 saturated heterocycles. The van der Waals surface area contributed by atoms with Gasteiger partial charge in [-0.3, -0.25) is 0 Å². The SMILES string of the molecule is Cc1ccc(C(F)(F)F)cc1CCc1ccc(-c2cn3c(n2)CCC(CO)C3)cc1. The van der Waals surface area contributed by atoms with Crippen LogP contribution in [0.5, 0.6) is 0 Å². The van der Waals surface area contributed by atoms with Crippen LogP contribution in [0.4, 0.5) is 13.2 Å². The largest absolute Gasteiger partial charge is 0.416 e. The highest BCUT2D eigenvalue weighted by Crippen LogP contribution is 2.31. The number of hydrogen-bond acceptors (Lipinski definition) is 2. The summed E-state index contributed by atoms with van der Waals surface area (Å²) in [6.07, 6.45) is 0.806. The summed E-state index contributed by atoms with van der Waals surface area (Å²) in [6, 6.07) is 12.0. The monoisotopic (exact) mass is 414 g/mol. The van der Waals surface area contributed by atoms with Crippen LogP contribution >= 0.6 is 0 Å². The minimum Gasteiger partial charge on any atom is -0.396 e. The van der Waals surface area contributed by atoms with Gasteiger partial charge in [-0.1, -0.05) is 30.3 Å². The lowest BCUT2D eigenvalue weighted by Gasteiger charge is -2.21. The lowest BCUT2D eigenvalue weighted by Crippen LogP contribution is -2.22. The second kappa shape index (κ2) is 8.26. The minimum atomic E-state index is -4.31. The first kappa shape index (κ1) is 20.7. The molecule has 1 aromatic heterocycles. The van der Waals surface area contributed by atoms with Crippen LogP contribution < -0.4 is 0 Å². The van der Waals surface area contributed by atoms with Gasteiger partial charge in [0.15, 0.2) is 0 Å². The molecule has 0 aliphatic carbocycles. The molecule has 30 heavy (non-hydrogen) atoms. The number of halogens is 3. The van der Waals surface area contributed by atoms with Crippen LogP contribution in [-0.4, -0.2) is 21.3 Å². The van der Waals surface area contributed by atoms with Crippen LogP contribution in [0.15, 0.2) is 48.7 Å². The highest BCUT2D eigenvalue weighted by molar-refractivity contribution is 5.59. The molecule has 6 heteroatoms. The van der Waals surface area contributed by atoms with Gasteiger partial charge in [-0.2, -0.15) is 13.2 Å². The van der Waals surface area contributed by atoms with Crippen molar-refractivity contribution < 1.29 is 18.3 Å². The van der Waals surface area contributed by atoms with Gasteiger partial charge < -0.3 is 9.67 Å². The van der Waals surface area contributed by atoms with E-state index in [2.05, 4.69) is 4.57 Å². The number of hydrogen-bond donors (Lipinski definition) is 1. The lowest BCUT2D eigenvalue weighted by atomic mass is 9.97. The lowest BCUT2D eigenvalue weighted by molar-refractivity contribution is -0.137. The quantitative estimate of drug-likeness (QED) is 0.622. The maximum atomic E-state index is 13.0. The molecule has 1 atom stereocenters. The number of benzene rings is 2. The van der Waals surface area contributed by atoms with Crippen molar-refractivity contribution in [2.24, 2.45) is 5.92 Å². The van der Waals surface area contributed by atoms with E-state index < -0.39 is 11.7 Å². The highest BCUT2D eigenvalue weighted by atomic mass is 19.4. The van der Waals surface area contributed by atoms with Gasteiger partial charge in [-0.25, -0.2) is 4.98 Å². The molecule has 0 spiro atoms. The Morgan fingerprint density at radius 2 is 1.87 bits per heavy atom. The van der Waals surface area contributed by atoms with E-state index in [1.54, 1.807) is 6.07 Å². The molecule has 0 fully saturated rings. The number of nitrogens with zero attached hydrogens (tertiary/aromatic N) is 2. The Morgan fingerprint density at radius 1 is 1.10 bits per heavy atom. The Hall–Kier alpha value is -2.60. The molecule has 4 rings (SSSR count). The molecule has 1 aliphatic rings. The van der Waals surface area contributed by atoms with Crippen LogP contribution in [0.1, 0.15) is 34.5 Å². The normalized spacial score (nSPS) is 16.5. The maximum Gasteiger partial charge on any atom is 0.416 e. The molecule has 158 valence electrons. The topological polar surface area (TPSA) is 38.0 Å². The van der Waals surface area contributed by atoms with Gasteiger partial charge in [-0.05, 0) is 55.0 Å². The predicted octanol–water partition coefficient (Wildman–Crippen LogP) is 5.22. The van der Waals surface area contributed by atoms with Crippen molar-refractivity contribution in [3.05, 3.63) is 76.7 Å². The zero-order chi connectivity index (χ0) is 21.3. The molecule has 1 unspecified atom stereocenters. The molecular weight excluding hydrogens is 389 g/mol. The molecule has 0 amide bonds. The van der Waals surface area contributed by atoms with E-state index in [-0.39, 0.29) is 6.61 Å². The molecule has 3 aromatic rings. The van der Waals surface area contributed by atoms with E-state index in [1.807, 2.05) is 37.4 Å². The number of alkyl halides is 3. The van der Waals surface area contributed by atoms with Crippen LogP contribution in [0, 0.1) is 12.8 Å². The molecule has 0 saturated carbocycles. The molecule has 1 aliphatic heterocycles. The van der Waals surface area contributed by atoms with Gasteiger partial charge in [-0.15, -0.1) is 0 Å². The zero-order valence-corrected chi connectivity index (χ0v) is 16.9. The Labute approximate surface area is 174 Å². The molecule has 0 bridgehead atoms. The Morgan fingerprint density at radius 3 is 2.57 bits per heavy atom. The third-order valence-corrected chi connectivity index (χ3v) is 5.96. The second-order valence-electron chi connectivity index (χ2n) is 8.12. The summed E-state index contributed by atoms with van der Waals surface area (Å²) in [5, 5.41) is 9.39. The summed E-state index contributed by atoms with van der Waals surface area (Å²) >= 11 is 0. The first-order valence-corrected chi connectivity index (χ1v) is 10.3. The molecule has 0 radical (unpaired) electrons. The summed E-state index contributed by atoms with van der Waals surface area (Å²) in [6.45, 7) is 2.85. The van der Waals surface area contributed by atoms with E-state index in [4.69, 9.17) is 4.98 Å². The fraction of sp³-hybridized carbons (Fsp3) is 0.375. The predicted molar refractivity (Wildman–Crippen MR) is 110 cm³/mol. The van der Waals surface area contributed by atoms with Gasteiger partial charge >= 0.3 is 6.18 Å². The Kier molecular flexibility index (Phi) is 5.69. The van der Waals surface area contributed by atoms with Crippen molar-refractivity contribution in [3.63, 3.8) is 0 Å². The fourth-order valence-electron chi connectivity index (χ4n) is 4.04. The van der Waals surface area contributed by atoms with E-state index in [0.29, 0.717) is 18.8 Å². The third-order valence-electron chi connectivity index (χ3n) is 5.96. The van der Waals surface area contributed by atoms with Crippen molar-refractivity contribution >= 4 is 0 Å². The number of fused-ring (bicyclic) bond motifs is 1. The number of aliphatic hydroxyl groups excluding tert-OH is 1. The molecule has 1 N–H and O–H groups in total. The standard InChI is InChI=1S/C24H25F3N2O/c1-16-2-10-21(24(25,26)27)12-20(16)9-5-17-3-7-19(8-4-17)22-14-29-13-18(15-30)6-11-23(29)28-22/h2-4,7-8,10,12,14,18,30H,5-6,9,11,13,15H2,1H3. The molecule has 2 aromatic carbocycles. The summed E-state index contributed by atoms with van der Waals surface area (Å²) in [7, 11) is 0. The Balaban J connectivity index is 1.45. The fourth-order valence-corrected chi connectivity index (χ4v) is 4.04. The average Bonchev–Trinajstić information content (AvgIpc) is 3.16. The van der Waals surface area contributed by atoms with Crippen molar-refractivity contribution in [1.29, 1.82) is 0 Å². The first-order chi connectivity index (χ1) is 14.3. The number of aliphatic hydroxyl groups is 1. The number of aryl methyl sites for hydroxylation is 4. The minimum absolute atomic E-state index is 0.201. The van der Waals surface area contributed by atoms with E-state index in [0.717, 1.165) is 59.2 Å². The average molecular weight is 414 g/mol. The van der Waals surface area contributed by atoms with Gasteiger partial charge in [0.2, 0.25) is 0 Å². The van der Waals surface area contributed by atoms with E-state index in [9.17, 15) is 18.3 Å². The van der Waals surface area contributed by atoms with Crippen LogP contribution in [0.2, 0.25) is 0 Å². The molecular formula is C24H25F3N2O. The number of imidazole rings is 1. The number of rotatable bonds is 5.